The second kappa shape index (κ2) is 6.91. The van der Waals surface area contributed by atoms with Crippen LogP contribution in [-0.4, -0.2) is 35.5 Å². The van der Waals surface area contributed by atoms with Crippen LogP contribution >= 0.6 is 0 Å². The monoisotopic (exact) mass is 314 g/mol. The topological polar surface area (TPSA) is 88.5 Å². The number of nitrogens with zero attached hydrogens (tertiary/aromatic N) is 1. The van der Waals surface area contributed by atoms with Crippen LogP contribution in [0, 0.1) is 0 Å². The molecule has 1 heterocycles. The number of carbonyl (C=O) groups excluding carboxylic acids is 1. The number of hydrogen-bond acceptors (Lipinski definition) is 5. The molecule has 0 radical (unpaired) electrons. The summed E-state index contributed by atoms with van der Waals surface area (Å²) in [5.74, 6) is -0.353. The van der Waals surface area contributed by atoms with Crippen molar-refractivity contribution in [3.8, 4) is 5.88 Å². The van der Waals surface area contributed by atoms with E-state index in [1.165, 1.54) is 0 Å². The van der Waals surface area contributed by atoms with Crippen LogP contribution in [0.1, 0.15) is 11.1 Å². The van der Waals surface area contributed by atoms with E-state index in [1.54, 1.807) is 25.4 Å². The van der Waals surface area contributed by atoms with Crippen LogP contribution in [0.5, 0.6) is 5.88 Å². The summed E-state index contributed by atoms with van der Waals surface area (Å²) in [6, 6.07) is 11.3. The molecule has 0 fully saturated rings. The Morgan fingerprint density at radius 1 is 1.22 bits per heavy atom. The number of rotatable bonds is 4. The highest BCUT2D eigenvalue weighted by atomic mass is 16.5. The summed E-state index contributed by atoms with van der Waals surface area (Å²) >= 11 is 0. The third-order valence-electron chi connectivity index (χ3n) is 3.84. The van der Waals surface area contributed by atoms with Crippen molar-refractivity contribution in [2.24, 2.45) is 0 Å². The number of benzene rings is 1. The van der Waals surface area contributed by atoms with Crippen LogP contribution in [0.15, 0.2) is 42.6 Å². The number of anilines is 1. The molecule has 6 heteroatoms. The fraction of sp³-hybridized carbons (Fsp3) is 0.235. The molecule has 1 aromatic carbocycles. The Hall–Kier alpha value is -2.89. The lowest BCUT2D eigenvalue weighted by Gasteiger charge is -2.26. The van der Waals surface area contributed by atoms with Crippen molar-refractivity contribution in [2.45, 2.75) is 18.4 Å². The molecule has 3 rings (SSSR count). The quantitative estimate of drug-likeness (QED) is 0.896. The van der Waals surface area contributed by atoms with E-state index in [-0.39, 0.29) is 0 Å². The van der Waals surface area contributed by atoms with Gasteiger partial charge >= 0.3 is 5.97 Å². The molecule has 0 bridgehead atoms. The zero-order chi connectivity index (χ0) is 16.9. The smallest absolute Gasteiger partial charge is 0.330 e. The molecule has 120 valence electrons. The molecule has 0 unspecified atom stereocenters. The molecule has 1 aromatic heterocycles. The minimum Gasteiger partial charge on any atom is -0.481 e. The first-order valence-electron chi connectivity index (χ1n) is 7.00. The summed E-state index contributed by atoms with van der Waals surface area (Å²) < 4.78 is 5.01. The van der Waals surface area contributed by atoms with Crippen molar-refractivity contribution < 1.29 is 19.4 Å². The van der Waals surface area contributed by atoms with Gasteiger partial charge in [0.15, 0.2) is 0 Å². The van der Waals surface area contributed by atoms with E-state index >= 15 is 0 Å². The van der Waals surface area contributed by atoms with Crippen LogP contribution in [0.4, 0.5) is 5.69 Å². The van der Waals surface area contributed by atoms with Crippen molar-refractivity contribution in [1.82, 2.24) is 4.98 Å². The van der Waals surface area contributed by atoms with E-state index < -0.39 is 11.5 Å². The average molecular weight is 314 g/mol. The zero-order valence-corrected chi connectivity index (χ0v) is 12.8. The van der Waals surface area contributed by atoms with Gasteiger partial charge in [-0.3, -0.25) is 0 Å². The van der Waals surface area contributed by atoms with Gasteiger partial charge in [-0.2, -0.15) is 0 Å². The number of aromatic nitrogens is 1. The Kier molecular flexibility index (Phi) is 4.95. The van der Waals surface area contributed by atoms with Crippen LogP contribution in [0.2, 0.25) is 0 Å². The highest BCUT2D eigenvalue weighted by Gasteiger charge is 2.44. The van der Waals surface area contributed by atoms with Gasteiger partial charge in [0.25, 0.3) is 0 Å². The number of aliphatic carboxylic acids is 1. The molecule has 0 aliphatic heterocycles. The number of hydrogen-bond donors (Lipinski definition) is 2. The highest BCUT2D eigenvalue weighted by Crippen LogP contribution is 2.33. The van der Waals surface area contributed by atoms with Gasteiger partial charge in [0, 0.05) is 18.9 Å². The maximum absolute atomic E-state index is 11.8. The lowest BCUT2D eigenvalue weighted by Crippen LogP contribution is -2.47. The maximum Gasteiger partial charge on any atom is 0.330 e. The predicted octanol–water partition coefficient (Wildman–Crippen LogP) is 1.94. The second-order valence-electron chi connectivity index (χ2n) is 5.22. The SMILES string of the molecule is C=O.COc1ccc(NC2(C(=O)O)Cc3ccccc3C2)cn1. The van der Waals surface area contributed by atoms with Crippen molar-refractivity contribution in [3.63, 3.8) is 0 Å². The van der Waals surface area contributed by atoms with E-state index in [0.29, 0.717) is 24.4 Å². The Balaban J connectivity index is 0.000000924. The Morgan fingerprint density at radius 2 is 1.83 bits per heavy atom. The number of carboxylic acid groups (broad SMARTS) is 1. The third kappa shape index (κ3) is 3.31. The van der Waals surface area contributed by atoms with Crippen molar-refractivity contribution in [2.75, 3.05) is 12.4 Å². The molecular weight excluding hydrogens is 296 g/mol. The number of methoxy groups -OCH3 is 1. The first-order valence-corrected chi connectivity index (χ1v) is 7.00. The zero-order valence-electron chi connectivity index (χ0n) is 12.8. The lowest BCUT2D eigenvalue weighted by atomic mass is 9.95. The molecule has 1 aliphatic carbocycles. The van der Waals surface area contributed by atoms with Crippen LogP contribution in [0.25, 0.3) is 0 Å². The van der Waals surface area contributed by atoms with Crippen molar-refractivity contribution in [3.05, 3.63) is 53.7 Å². The minimum absolute atomic E-state index is 0.463. The molecule has 2 aromatic rings. The number of fused-ring (bicyclic) bond motifs is 1. The molecule has 0 amide bonds. The van der Waals surface area contributed by atoms with Gasteiger partial charge in [0.05, 0.1) is 19.0 Å². The molecule has 0 atom stereocenters. The number of nitrogens with one attached hydrogen (secondary N) is 1. The second-order valence-corrected chi connectivity index (χ2v) is 5.22. The normalized spacial score (nSPS) is 14.1. The summed E-state index contributed by atoms with van der Waals surface area (Å²) in [4.78, 5) is 23.9. The highest BCUT2D eigenvalue weighted by molar-refractivity contribution is 5.85. The first-order chi connectivity index (χ1) is 11.1. The molecule has 0 saturated heterocycles. The fourth-order valence-electron chi connectivity index (χ4n) is 2.76. The predicted molar refractivity (Wildman–Crippen MR) is 85.7 cm³/mol. The number of pyridine rings is 1. The largest absolute Gasteiger partial charge is 0.481 e. The van der Waals surface area contributed by atoms with Gasteiger partial charge in [-0.05, 0) is 17.2 Å². The maximum atomic E-state index is 11.8. The average Bonchev–Trinajstić information content (AvgIpc) is 2.97. The standard InChI is InChI=1S/C16H16N2O3.CH2O/c1-21-14-7-6-13(10-17-14)18-16(15(19)20)8-11-4-2-3-5-12(11)9-16;1-2/h2-7,10,18H,8-9H2,1H3,(H,19,20);1H2. The van der Waals surface area contributed by atoms with Crippen molar-refractivity contribution >= 4 is 18.4 Å². The molecule has 23 heavy (non-hydrogen) atoms. The van der Waals surface area contributed by atoms with Crippen LogP contribution in [-0.2, 0) is 22.4 Å². The summed E-state index contributed by atoms with van der Waals surface area (Å²) in [6.07, 6.45) is 2.52. The first kappa shape index (κ1) is 16.5. The van der Waals surface area contributed by atoms with E-state index in [0.717, 1.165) is 11.1 Å². The van der Waals surface area contributed by atoms with Crippen LogP contribution in [0.3, 0.4) is 0 Å². The fourth-order valence-corrected chi connectivity index (χ4v) is 2.76. The molecule has 1 aliphatic rings. The van der Waals surface area contributed by atoms with E-state index in [1.807, 2.05) is 31.1 Å². The van der Waals surface area contributed by atoms with Crippen LogP contribution < -0.4 is 10.1 Å². The molecule has 0 spiro atoms. The Bertz CT molecular complexity index is 660. The van der Waals surface area contributed by atoms with Gasteiger partial charge < -0.3 is 20.0 Å². The third-order valence-corrected chi connectivity index (χ3v) is 3.84. The number of ether oxygens (including phenoxy) is 1. The van der Waals surface area contributed by atoms with Crippen molar-refractivity contribution in [1.29, 1.82) is 0 Å². The molecule has 6 nitrogen and oxygen atoms in total. The summed E-state index contributed by atoms with van der Waals surface area (Å²) in [6.45, 7) is 2.00. The van der Waals surface area contributed by atoms with E-state index in [4.69, 9.17) is 9.53 Å². The minimum atomic E-state index is -1.01. The Labute approximate surface area is 134 Å². The Morgan fingerprint density at radius 3 is 2.26 bits per heavy atom. The molecular formula is C17H18N2O4. The summed E-state index contributed by atoms with van der Waals surface area (Å²) in [7, 11) is 1.54. The lowest BCUT2D eigenvalue weighted by molar-refractivity contribution is -0.142. The van der Waals surface area contributed by atoms with E-state index in [2.05, 4.69) is 10.3 Å². The van der Waals surface area contributed by atoms with E-state index in [9.17, 15) is 9.90 Å². The van der Waals surface area contributed by atoms with Gasteiger partial charge in [0.2, 0.25) is 5.88 Å². The van der Waals surface area contributed by atoms with Gasteiger partial charge in [0.1, 0.15) is 12.3 Å². The van der Waals surface area contributed by atoms with Gasteiger partial charge in [-0.25, -0.2) is 9.78 Å². The van der Waals surface area contributed by atoms with Gasteiger partial charge in [-0.15, -0.1) is 0 Å². The van der Waals surface area contributed by atoms with Gasteiger partial charge in [-0.1, -0.05) is 24.3 Å². The summed E-state index contributed by atoms with van der Waals surface area (Å²) in [5, 5.41) is 12.8. The number of carboxylic acids is 1. The number of carbonyl (C=O) groups is 2. The molecule has 2 N–H and O–H groups in total. The molecule has 0 saturated carbocycles. The summed E-state index contributed by atoms with van der Waals surface area (Å²) in [5.41, 5.74) is 1.81.